The smallest absolute Gasteiger partial charge is 0.128 e. The van der Waals surface area contributed by atoms with E-state index in [1.54, 1.807) is 31.3 Å². The fraction of sp³-hybridized carbons (Fsp3) is 0.267. The van der Waals surface area contributed by atoms with Gasteiger partial charge in [-0.3, -0.25) is 0 Å². The lowest BCUT2D eigenvalue weighted by Gasteiger charge is -2.19. The number of hydrogen-bond donors (Lipinski definition) is 1. The topological polar surface area (TPSA) is 36.4 Å². The predicted octanol–water partition coefficient (Wildman–Crippen LogP) is 2.91. The molecule has 0 amide bonds. The zero-order chi connectivity index (χ0) is 13.8. The summed E-state index contributed by atoms with van der Waals surface area (Å²) in [5, 5.41) is 9.56. The van der Waals surface area contributed by atoms with Gasteiger partial charge in [-0.1, -0.05) is 12.1 Å². The maximum atomic E-state index is 12.8. The summed E-state index contributed by atoms with van der Waals surface area (Å²) in [6, 6.07) is 10.1. The molecular weight excluding hydrogens is 243 g/mol. The Morgan fingerprint density at radius 2 is 1.95 bits per heavy atom. The minimum atomic E-state index is -0.513. The second-order valence-electron chi connectivity index (χ2n) is 4.61. The van der Waals surface area contributed by atoms with Crippen molar-refractivity contribution in [1.82, 2.24) is 4.98 Å². The molecule has 3 nitrogen and oxygen atoms in total. The molecule has 0 aliphatic carbocycles. The van der Waals surface area contributed by atoms with Gasteiger partial charge in [-0.2, -0.15) is 0 Å². The lowest BCUT2D eigenvalue weighted by molar-refractivity contribution is 0.199. The third-order valence-corrected chi connectivity index (χ3v) is 2.98. The molecule has 1 atom stereocenters. The van der Waals surface area contributed by atoms with Crippen molar-refractivity contribution in [3.8, 4) is 0 Å². The molecule has 0 saturated carbocycles. The summed E-state index contributed by atoms with van der Waals surface area (Å²) in [6.07, 6.45) is 1.17. The molecule has 1 aromatic carbocycles. The van der Waals surface area contributed by atoms with Crippen LogP contribution in [-0.2, 0) is 6.54 Å². The predicted molar refractivity (Wildman–Crippen MR) is 73.4 cm³/mol. The molecule has 2 aromatic rings. The molecule has 1 N–H and O–H groups in total. The van der Waals surface area contributed by atoms with Crippen LogP contribution in [0, 0.1) is 5.82 Å². The van der Waals surface area contributed by atoms with E-state index < -0.39 is 6.10 Å². The number of halogens is 1. The van der Waals surface area contributed by atoms with Gasteiger partial charge >= 0.3 is 0 Å². The Hall–Kier alpha value is -1.94. The lowest BCUT2D eigenvalue weighted by Crippen LogP contribution is -2.17. The number of hydrogen-bond acceptors (Lipinski definition) is 3. The number of benzene rings is 1. The van der Waals surface area contributed by atoms with E-state index in [2.05, 4.69) is 4.98 Å². The van der Waals surface area contributed by atoms with E-state index in [1.165, 1.54) is 12.1 Å². The minimum Gasteiger partial charge on any atom is -0.389 e. The van der Waals surface area contributed by atoms with Crippen molar-refractivity contribution in [3.63, 3.8) is 0 Å². The first-order chi connectivity index (χ1) is 9.06. The molecule has 4 heteroatoms. The summed E-state index contributed by atoms with van der Waals surface area (Å²) in [5.74, 6) is 0.545. The summed E-state index contributed by atoms with van der Waals surface area (Å²) in [4.78, 5) is 6.23. The summed E-state index contributed by atoms with van der Waals surface area (Å²) in [5.41, 5.74) is 1.84. The number of anilines is 1. The number of pyridine rings is 1. The molecule has 1 heterocycles. The molecule has 0 aliphatic rings. The van der Waals surface area contributed by atoms with Crippen LogP contribution in [0.3, 0.4) is 0 Å². The van der Waals surface area contributed by atoms with Crippen molar-refractivity contribution in [2.75, 3.05) is 11.9 Å². The maximum absolute atomic E-state index is 12.8. The van der Waals surface area contributed by atoms with Gasteiger partial charge in [-0.25, -0.2) is 9.37 Å². The number of aliphatic hydroxyl groups is 1. The van der Waals surface area contributed by atoms with Gasteiger partial charge in [-0.05, 0) is 42.3 Å². The van der Waals surface area contributed by atoms with Gasteiger partial charge in [0, 0.05) is 19.8 Å². The van der Waals surface area contributed by atoms with E-state index in [0.717, 1.165) is 16.9 Å². The standard InChI is InChI=1S/C15H17FN2O/c1-11(19)13-7-8-17-15(9-13)18(2)10-12-3-5-14(16)6-4-12/h3-9,11,19H,10H2,1-2H3/t11-/m0/s1. The number of aromatic nitrogens is 1. The molecule has 1 aromatic heterocycles. The van der Waals surface area contributed by atoms with Gasteiger partial charge < -0.3 is 10.0 Å². The van der Waals surface area contributed by atoms with E-state index in [9.17, 15) is 9.50 Å². The Bertz CT molecular complexity index is 540. The Morgan fingerprint density at radius 3 is 2.58 bits per heavy atom. The summed E-state index contributed by atoms with van der Waals surface area (Å²) in [7, 11) is 1.91. The summed E-state index contributed by atoms with van der Waals surface area (Å²) in [6.45, 7) is 2.36. The second kappa shape index (κ2) is 5.80. The Kier molecular flexibility index (Phi) is 4.12. The van der Waals surface area contributed by atoms with Crippen LogP contribution in [0.5, 0.6) is 0 Å². The first-order valence-corrected chi connectivity index (χ1v) is 6.16. The minimum absolute atomic E-state index is 0.236. The highest BCUT2D eigenvalue weighted by atomic mass is 19.1. The average Bonchev–Trinajstić information content (AvgIpc) is 2.41. The van der Waals surface area contributed by atoms with Gasteiger partial charge in [0.1, 0.15) is 11.6 Å². The second-order valence-corrected chi connectivity index (χ2v) is 4.61. The zero-order valence-corrected chi connectivity index (χ0v) is 11.0. The summed E-state index contributed by atoms with van der Waals surface area (Å²) >= 11 is 0. The molecule has 2 rings (SSSR count). The Balaban J connectivity index is 2.13. The van der Waals surface area contributed by atoms with Crippen LogP contribution >= 0.6 is 0 Å². The third kappa shape index (κ3) is 3.51. The molecule has 0 bridgehead atoms. The quantitative estimate of drug-likeness (QED) is 0.918. The number of rotatable bonds is 4. The van der Waals surface area contributed by atoms with E-state index in [-0.39, 0.29) is 5.82 Å². The molecule has 100 valence electrons. The van der Waals surface area contributed by atoms with E-state index >= 15 is 0 Å². The average molecular weight is 260 g/mol. The molecule has 0 fully saturated rings. The van der Waals surface area contributed by atoms with Crippen molar-refractivity contribution >= 4 is 5.82 Å². The number of nitrogens with zero attached hydrogens (tertiary/aromatic N) is 2. The van der Waals surface area contributed by atoms with Crippen molar-refractivity contribution in [1.29, 1.82) is 0 Å². The number of aliphatic hydroxyl groups excluding tert-OH is 1. The SMILES string of the molecule is C[C@H](O)c1ccnc(N(C)Cc2ccc(F)cc2)c1. The molecule has 0 unspecified atom stereocenters. The molecule has 19 heavy (non-hydrogen) atoms. The first kappa shape index (κ1) is 13.5. The maximum Gasteiger partial charge on any atom is 0.128 e. The molecule has 0 radical (unpaired) electrons. The Morgan fingerprint density at radius 1 is 1.26 bits per heavy atom. The van der Waals surface area contributed by atoms with Crippen LogP contribution in [0.1, 0.15) is 24.2 Å². The third-order valence-electron chi connectivity index (χ3n) is 2.98. The van der Waals surface area contributed by atoms with Crippen molar-refractivity contribution in [2.45, 2.75) is 19.6 Å². The van der Waals surface area contributed by atoms with Crippen molar-refractivity contribution < 1.29 is 9.50 Å². The summed E-state index contributed by atoms with van der Waals surface area (Å²) < 4.78 is 12.8. The van der Waals surface area contributed by atoms with Crippen LogP contribution in [0.15, 0.2) is 42.6 Å². The van der Waals surface area contributed by atoms with E-state index in [1.807, 2.05) is 18.0 Å². The van der Waals surface area contributed by atoms with Gasteiger partial charge in [-0.15, -0.1) is 0 Å². The van der Waals surface area contributed by atoms with Crippen LogP contribution in [0.25, 0.3) is 0 Å². The van der Waals surface area contributed by atoms with Crippen LogP contribution in [0.2, 0.25) is 0 Å². The highest BCUT2D eigenvalue weighted by Crippen LogP contribution is 2.18. The molecule has 0 aliphatic heterocycles. The molecule has 0 saturated heterocycles. The van der Waals surface area contributed by atoms with Crippen LogP contribution in [-0.4, -0.2) is 17.1 Å². The monoisotopic (exact) mass is 260 g/mol. The van der Waals surface area contributed by atoms with Crippen LogP contribution in [0.4, 0.5) is 10.2 Å². The fourth-order valence-electron chi connectivity index (χ4n) is 1.85. The van der Waals surface area contributed by atoms with Crippen molar-refractivity contribution in [2.24, 2.45) is 0 Å². The lowest BCUT2D eigenvalue weighted by atomic mass is 10.1. The largest absolute Gasteiger partial charge is 0.389 e. The molecule has 0 spiro atoms. The zero-order valence-electron chi connectivity index (χ0n) is 11.0. The van der Waals surface area contributed by atoms with E-state index in [4.69, 9.17) is 0 Å². The van der Waals surface area contributed by atoms with E-state index in [0.29, 0.717) is 6.54 Å². The van der Waals surface area contributed by atoms with Gasteiger partial charge in [0.15, 0.2) is 0 Å². The first-order valence-electron chi connectivity index (χ1n) is 6.16. The van der Waals surface area contributed by atoms with Gasteiger partial charge in [0.05, 0.1) is 6.10 Å². The van der Waals surface area contributed by atoms with Crippen molar-refractivity contribution in [3.05, 3.63) is 59.5 Å². The highest BCUT2D eigenvalue weighted by molar-refractivity contribution is 5.41. The normalized spacial score (nSPS) is 12.2. The Labute approximate surface area is 112 Å². The van der Waals surface area contributed by atoms with Gasteiger partial charge in [0.25, 0.3) is 0 Å². The molecular formula is C15H17FN2O. The van der Waals surface area contributed by atoms with Gasteiger partial charge in [0.2, 0.25) is 0 Å². The highest BCUT2D eigenvalue weighted by Gasteiger charge is 2.07. The van der Waals surface area contributed by atoms with Crippen LogP contribution < -0.4 is 4.90 Å². The fourth-order valence-corrected chi connectivity index (χ4v) is 1.85.